The van der Waals surface area contributed by atoms with Gasteiger partial charge in [-0.2, -0.15) is 5.10 Å². The maximum Gasteiger partial charge on any atom is 0.191 e. The first-order valence-electron chi connectivity index (χ1n) is 10.6. The molecule has 1 aromatic carbocycles. The lowest BCUT2D eigenvalue weighted by Crippen LogP contribution is -2.43. The summed E-state index contributed by atoms with van der Waals surface area (Å²) >= 11 is 6.26. The molecule has 2 aromatic rings. The fourth-order valence-corrected chi connectivity index (χ4v) is 3.98. The average molecular weight is 561 g/mol. The lowest BCUT2D eigenvalue weighted by atomic mass is 10.0. The van der Waals surface area contributed by atoms with Crippen LogP contribution in [0.5, 0.6) is 0 Å². The van der Waals surface area contributed by atoms with Gasteiger partial charge in [0.05, 0.1) is 18.8 Å². The number of halogens is 2. The van der Waals surface area contributed by atoms with Crippen molar-refractivity contribution in [1.82, 2.24) is 25.3 Å². The van der Waals surface area contributed by atoms with Crippen LogP contribution >= 0.6 is 35.6 Å². The summed E-state index contributed by atoms with van der Waals surface area (Å²) in [5.41, 5.74) is 0.867. The molecule has 0 radical (unpaired) electrons. The third-order valence-corrected chi connectivity index (χ3v) is 5.73. The minimum absolute atomic E-state index is 0. The van der Waals surface area contributed by atoms with Gasteiger partial charge in [0.25, 0.3) is 0 Å². The first kappa shape index (κ1) is 25.9. The molecule has 9 heteroatoms. The van der Waals surface area contributed by atoms with Crippen LogP contribution in [0.15, 0.2) is 41.7 Å². The zero-order valence-electron chi connectivity index (χ0n) is 18.5. The molecule has 31 heavy (non-hydrogen) atoms. The molecule has 0 saturated carbocycles. The summed E-state index contributed by atoms with van der Waals surface area (Å²) in [6.45, 7) is 7.65. The summed E-state index contributed by atoms with van der Waals surface area (Å²) < 4.78 is 1.68. The molecule has 1 aliphatic heterocycles. The highest BCUT2D eigenvalue weighted by molar-refractivity contribution is 14.0. The predicted octanol–water partition coefficient (Wildman–Crippen LogP) is 3.29. The molecule has 0 spiro atoms. The van der Waals surface area contributed by atoms with Gasteiger partial charge in [-0.05, 0) is 57.5 Å². The number of rotatable bonds is 8. The Morgan fingerprint density at radius 2 is 2.06 bits per heavy atom. The van der Waals surface area contributed by atoms with Crippen LogP contribution in [0.2, 0.25) is 5.02 Å². The van der Waals surface area contributed by atoms with Crippen LogP contribution in [-0.4, -0.2) is 58.5 Å². The zero-order chi connectivity index (χ0) is 21.6. The molecule has 0 bridgehead atoms. The number of aliphatic hydroxyl groups is 1. The summed E-state index contributed by atoms with van der Waals surface area (Å²) in [7, 11) is 1.84. The molecule has 3 N–H and O–H groups in total. The second-order valence-corrected chi connectivity index (χ2v) is 8.50. The van der Waals surface area contributed by atoms with Crippen LogP contribution in [-0.2, 0) is 12.6 Å². The van der Waals surface area contributed by atoms with E-state index in [0.717, 1.165) is 30.2 Å². The summed E-state index contributed by atoms with van der Waals surface area (Å²) in [5, 5.41) is 22.5. The second-order valence-electron chi connectivity index (χ2n) is 8.07. The number of nitrogens with one attached hydrogen (secondary N) is 2. The van der Waals surface area contributed by atoms with E-state index in [1.807, 2.05) is 38.4 Å². The molecule has 7 nitrogen and oxygen atoms in total. The van der Waals surface area contributed by atoms with Gasteiger partial charge in [-0.1, -0.05) is 23.7 Å². The van der Waals surface area contributed by atoms with Gasteiger partial charge in [-0.25, -0.2) is 4.99 Å². The van der Waals surface area contributed by atoms with E-state index in [0.29, 0.717) is 12.5 Å². The smallest absolute Gasteiger partial charge is 0.191 e. The lowest BCUT2D eigenvalue weighted by molar-refractivity contribution is 0.0671. The van der Waals surface area contributed by atoms with Crippen LogP contribution in [0.1, 0.15) is 43.9 Å². The van der Waals surface area contributed by atoms with Gasteiger partial charge in [0.2, 0.25) is 0 Å². The first-order valence-corrected chi connectivity index (χ1v) is 11.0. The summed E-state index contributed by atoms with van der Waals surface area (Å²) in [6, 6.07) is 8.31. The predicted molar refractivity (Wildman–Crippen MR) is 137 cm³/mol. The van der Waals surface area contributed by atoms with E-state index < -0.39 is 5.60 Å². The molecule has 2 heterocycles. The van der Waals surface area contributed by atoms with E-state index in [9.17, 15) is 5.11 Å². The highest BCUT2D eigenvalue weighted by Crippen LogP contribution is 2.26. The lowest BCUT2D eigenvalue weighted by Gasteiger charge is -2.29. The Labute approximate surface area is 207 Å². The SMILES string of the molecule is CCNC(=NCC(C)(O)c1cnn(C)c1)NCC(c1cccc(Cl)c1)N1CCCC1.I. The Morgan fingerprint density at radius 3 is 2.68 bits per heavy atom. The highest BCUT2D eigenvalue weighted by atomic mass is 127. The van der Waals surface area contributed by atoms with E-state index in [-0.39, 0.29) is 36.6 Å². The largest absolute Gasteiger partial charge is 0.383 e. The number of aromatic nitrogens is 2. The van der Waals surface area contributed by atoms with E-state index in [1.165, 1.54) is 18.4 Å². The highest BCUT2D eigenvalue weighted by Gasteiger charge is 2.26. The van der Waals surface area contributed by atoms with E-state index in [2.05, 4.69) is 31.7 Å². The van der Waals surface area contributed by atoms with Gasteiger partial charge in [-0.3, -0.25) is 9.58 Å². The molecule has 172 valence electrons. The number of guanidine groups is 1. The van der Waals surface area contributed by atoms with E-state index in [1.54, 1.807) is 17.8 Å². The molecule has 0 aliphatic carbocycles. The van der Waals surface area contributed by atoms with Gasteiger partial charge in [0.1, 0.15) is 5.60 Å². The zero-order valence-corrected chi connectivity index (χ0v) is 21.6. The fourth-order valence-electron chi connectivity index (χ4n) is 3.78. The van der Waals surface area contributed by atoms with Crippen LogP contribution in [0.25, 0.3) is 0 Å². The fraction of sp³-hybridized carbons (Fsp3) is 0.545. The van der Waals surface area contributed by atoms with Gasteiger partial charge in [0, 0.05) is 36.9 Å². The molecule has 2 atom stereocenters. The minimum atomic E-state index is -1.09. The molecule has 1 saturated heterocycles. The molecule has 1 aromatic heterocycles. The number of aliphatic imine (C=N–C) groups is 1. The molecule has 2 unspecified atom stereocenters. The van der Waals surface area contributed by atoms with Gasteiger partial charge in [-0.15, -0.1) is 24.0 Å². The quantitative estimate of drug-likeness (QED) is 0.262. The van der Waals surface area contributed by atoms with E-state index in [4.69, 9.17) is 11.6 Å². The van der Waals surface area contributed by atoms with Crippen LogP contribution in [0.4, 0.5) is 0 Å². The Bertz CT molecular complexity index is 850. The molecule has 3 rings (SSSR count). The molecule has 1 aliphatic rings. The Kier molecular flexibility index (Phi) is 10.1. The first-order chi connectivity index (χ1) is 14.4. The van der Waals surface area contributed by atoms with Crippen molar-refractivity contribution >= 4 is 41.5 Å². The maximum absolute atomic E-state index is 10.8. The van der Waals surface area contributed by atoms with Crippen molar-refractivity contribution in [2.24, 2.45) is 12.0 Å². The van der Waals surface area contributed by atoms with Crippen molar-refractivity contribution in [2.75, 3.05) is 32.7 Å². The third-order valence-electron chi connectivity index (χ3n) is 5.49. The second kappa shape index (κ2) is 12.0. The van der Waals surface area contributed by atoms with Crippen LogP contribution in [0, 0.1) is 0 Å². The van der Waals surface area contributed by atoms with Crippen molar-refractivity contribution in [1.29, 1.82) is 0 Å². The van der Waals surface area contributed by atoms with Gasteiger partial charge < -0.3 is 15.7 Å². The summed E-state index contributed by atoms with van der Waals surface area (Å²) in [5.74, 6) is 0.688. The average Bonchev–Trinajstić information content (AvgIpc) is 3.39. The van der Waals surface area contributed by atoms with Crippen molar-refractivity contribution in [3.8, 4) is 0 Å². The number of likely N-dealkylation sites (tertiary alicyclic amines) is 1. The number of aryl methyl sites for hydroxylation is 1. The van der Waals surface area contributed by atoms with Gasteiger partial charge in [0.15, 0.2) is 5.96 Å². The maximum atomic E-state index is 10.8. The van der Waals surface area contributed by atoms with Crippen LogP contribution in [0.3, 0.4) is 0 Å². The van der Waals surface area contributed by atoms with Crippen molar-refractivity contribution < 1.29 is 5.11 Å². The Balaban J connectivity index is 0.00000341. The Morgan fingerprint density at radius 1 is 1.32 bits per heavy atom. The number of hydrogen-bond donors (Lipinski definition) is 3. The number of benzene rings is 1. The van der Waals surface area contributed by atoms with Crippen molar-refractivity contribution in [2.45, 2.75) is 38.3 Å². The monoisotopic (exact) mass is 560 g/mol. The van der Waals surface area contributed by atoms with E-state index >= 15 is 0 Å². The van der Waals surface area contributed by atoms with Crippen molar-refractivity contribution in [3.63, 3.8) is 0 Å². The van der Waals surface area contributed by atoms with Gasteiger partial charge >= 0.3 is 0 Å². The molecule has 0 amide bonds. The molecular formula is C22H34ClIN6O. The van der Waals surface area contributed by atoms with Crippen molar-refractivity contribution in [3.05, 3.63) is 52.8 Å². The number of nitrogens with zero attached hydrogens (tertiary/aromatic N) is 4. The normalized spacial score (nSPS) is 17.6. The number of hydrogen-bond acceptors (Lipinski definition) is 4. The summed E-state index contributed by atoms with van der Waals surface area (Å²) in [4.78, 5) is 7.14. The summed E-state index contributed by atoms with van der Waals surface area (Å²) in [6.07, 6.45) is 5.94. The molecule has 1 fully saturated rings. The topological polar surface area (TPSA) is 77.7 Å². The third kappa shape index (κ3) is 7.34. The molecular weight excluding hydrogens is 527 g/mol. The standard InChI is InChI=1S/C22H33ClN6O.HI/c1-4-24-21(26-16-22(2,30)18-13-27-28(3)15-18)25-14-20(29-10-5-6-11-29)17-8-7-9-19(23)12-17;/h7-9,12-13,15,20,30H,4-6,10-11,14,16H2,1-3H3,(H2,24,25,26);1H. The van der Waals surface area contributed by atoms with Crippen LogP contribution < -0.4 is 10.6 Å². The minimum Gasteiger partial charge on any atom is -0.383 e. The Hall–Kier alpha value is -1.36.